The zero-order chi connectivity index (χ0) is 13.9. The molecule has 2 rings (SSSR count). The summed E-state index contributed by atoms with van der Waals surface area (Å²) in [6.45, 7) is 9.41. The molecule has 0 atom stereocenters. The standard InChI is InChI=1S/C15H29N3O/c1-14(2,3)12-5-7-15(19,8-6-12)11-18-13-16-9-4-10-17-13/h12,19H,4-11H2,1-3H3,(H2,16,17,18). The molecule has 1 aliphatic heterocycles. The predicted octanol–water partition coefficient (Wildman–Crippen LogP) is 1.89. The molecule has 0 amide bonds. The maximum Gasteiger partial charge on any atom is 0.191 e. The summed E-state index contributed by atoms with van der Waals surface area (Å²) in [5.41, 5.74) is -0.187. The average Bonchev–Trinajstić information content (AvgIpc) is 2.37. The summed E-state index contributed by atoms with van der Waals surface area (Å²) in [5, 5.41) is 17.2. The minimum absolute atomic E-state index is 0.365. The summed E-state index contributed by atoms with van der Waals surface area (Å²) in [4.78, 5) is 4.38. The van der Waals surface area contributed by atoms with Crippen LogP contribution in [-0.2, 0) is 0 Å². The maximum atomic E-state index is 10.6. The first-order chi connectivity index (χ1) is 8.89. The van der Waals surface area contributed by atoms with Crippen LogP contribution >= 0.6 is 0 Å². The first kappa shape index (κ1) is 14.6. The van der Waals surface area contributed by atoms with E-state index in [1.165, 1.54) is 0 Å². The monoisotopic (exact) mass is 267 g/mol. The van der Waals surface area contributed by atoms with E-state index in [1.54, 1.807) is 0 Å². The number of rotatable bonds is 2. The molecule has 1 fully saturated rings. The Kier molecular flexibility index (Phi) is 4.39. The van der Waals surface area contributed by atoms with Crippen LogP contribution in [0.15, 0.2) is 4.99 Å². The smallest absolute Gasteiger partial charge is 0.191 e. The van der Waals surface area contributed by atoms with Gasteiger partial charge in [-0.2, -0.15) is 0 Å². The number of guanidine groups is 1. The van der Waals surface area contributed by atoms with E-state index in [0.29, 0.717) is 12.0 Å². The summed E-state index contributed by atoms with van der Waals surface area (Å²) in [6, 6.07) is 0. The fourth-order valence-electron chi connectivity index (χ4n) is 3.10. The van der Waals surface area contributed by atoms with Gasteiger partial charge in [0.05, 0.1) is 5.60 Å². The summed E-state index contributed by atoms with van der Waals surface area (Å²) >= 11 is 0. The van der Waals surface area contributed by atoms with Crippen molar-refractivity contribution < 1.29 is 5.11 Å². The number of hydrogen-bond donors (Lipinski definition) is 3. The van der Waals surface area contributed by atoms with Crippen LogP contribution < -0.4 is 10.6 Å². The summed E-state index contributed by atoms with van der Waals surface area (Å²) < 4.78 is 0. The predicted molar refractivity (Wildman–Crippen MR) is 79.3 cm³/mol. The summed E-state index contributed by atoms with van der Waals surface area (Å²) in [7, 11) is 0. The lowest BCUT2D eigenvalue weighted by Gasteiger charge is -2.41. The molecule has 3 N–H and O–H groups in total. The highest BCUT2D eigenvalue weighted by atomic mass is 16.3. The van der Waals surface area contributed by atoms with Crippen molar-refractivity contribution in [2.45, 2.75) is 58.5 Å². The maximum absolute atomic E-state index is 10.6. The second-order valence-corrected chi connectivity index (χ2v) is 7.23. The van der Waals surface area contributed by atoms with Gasteiger partial charge in [-0.1, -0.05) is 20.8 Å². The Morgan fingerprint density at radius 2 is 2.05 bits per heavy atom. The quantitative estimate of drug-likeness (QED) is 0.716. The third kappa shape index (κ3) is 4.10. The molecule has 1 heterocycles. The van der Waals surface area contributed by atoms with E-state index < -0.39 is 5.60 Å². The topological polar surface area (TPSA) is 56.6 Å². The minimum atomic E-state index is -0.552. The lowest BCUT2D eigenvalue weighted by molar-refractivity contribution is -0.0209. The van der Waals surface area contributed by atoms with Gasteiger partial charge in [-0.3, -0.25) is 4.99 Å². The van der Waals surface area contributed by atoms with E-state index in [4.69, 9.17) is 0 Å². The Morgan fingerprint density at radius 3 is 2.58 bits per heavy atom. The Bertz CT molecular complexity index is 325. The van der Waals surface area contributed by atoms with E-state index in [1.807, 2.05) is 0 Å². The van der Waals surface area contributed by atoms with Crippen LogP contribution in [0.4, 0.5) is 0 Å². The van der Waals surface area contributed by atoms with Crippen LogP contribution in [0.3, 0.4) is 0 Å². The fourth-order valence-corrected chi connectivity index (χ4v) is 3.10. The van der Waals surface area contributed by atoms with Gasteiger partial charge in [-0.05, 0) is 43.4 Å². The fraction of sp³-hybridized carbons (Fsp3) is 0.933. The second-order valence-electron chi connectivity index (χ2n) is 7.23. The second kappa shape index (κ2) is 5.70. The molecule has 0 aromatic heterocycles. The molecule has 110 valence electrons. The third-order valence-electron chi connectivity index (χ3n) is 4.62. The van der Waals surface area contributed by atoms with Crippen molar-refractivity contribution in [1.29, 1.82) is 0 Å². The van der Waals surface area contributed by atoms with Crippen molar-refractivity contribution >= 4 is 5.96 Å². The largest absolute Gasteiger partial charge is 0.388 e. The van der Waals surface area contributed by atoms with Gasteiger partial charge >= 0.3 is 0 Å². The normalized spacial score (nSPS) is 32.4. The van der Waals surface area contributed by atoms with Crippen molar-refractivity contribution in [3.05, 3.63) is 0 Å². The van der Waals surface area contributed by atoms with Gasteiger partial charge in [-0.15, -0.1) is 0 Å². The molecule has 2 aliphatic rings. The van der Waals surface area contributed by atoms with Gasteiger partial charge in [-0.25, -0.2) is 0 Å². The van der Waals surface area contributed by atoms with Crippen LogP contribution in [-0.4, -0.2) is 36.3 Å². The number of aliphatic hydroxyl groups is 1. The number of nitrogens with one attached hydrogen (secondary N) is 2. The first-order valence-electron chi connectivity index (χ1n) is 7.64. The Labute approximate surface area is 117 Å². The molecule has 0 radical (unpaired) electrons. The lowest BCUT2D eigenvalue weighted by atomic mass is 9.68. The zero-order valence-electron chi connectivity index (χ0n) is 12.6. The molecular formula is C15H29N3O. The minimum Gasteiger partial charge on any atom is -0.388 e. The molecule has 19 heavy (non-hydrogen) atoms. The van der Waals surface area contributed by atoms with E-state index in [0.717, 1.165) is 57.1 Å². The third-order valence-corrected chi connectivity index (χ3v) is 4.62. The van der Waals surface area contributed by atoms with Crippen LogP contribution in [0.25, 0.3) is 0 Å². The molecular weight excluding hydrogens is 238 g/mol. The highest BCUT2D eigenvalue weighted by Crippen LogP contribution is 2.41. The molecule has 0 bridgehead atoms. The van der Waals surface area contributed by atoms with Crippen LogP contribution in [0.1, 0.15) is 52.9 Å². The van der Waals surface area contributed by atoms with Crippen molar-refractivity contribution in [3.63, 3.8) is 0 Å². The van der Waals surface area contributed by atoms with Crippen LogP contribution in [0, 0.1) is 11.3 Å². The lowest BCUT2D eigenvalue weighted by Crippen LogP contribution is -2.50. The van der Waals surface area contributed by atoms with E-state index in [2.05, 4.69) is 36.4 Å². The van der Waals surface area contributed by atoms with Gasteiger partial charge in [0.2, 0.25) is 0 Å². The molecule has 4 nitrogen and oxygen atoms in total. The molecule has 0 aromatic rings. The van der Waals surface area contributed by atoms with Crippen LogP contribution in [0.5, 0.6) is 0 Å². The van der Waals surface area contributed by atoms with E-state index in [9.17, 15) is 5.11 Å². The molecule has 1 saturated carbocycles. The molecule has 0 aromatic carbocycles. The SMILES string of the molecule is CC(C)(C)C1CCC(O)(CNC2=NCCCN2)CC1. The van der Waals surface area contributed by atoms with Crippen molar-refractivity contribution in [3.8, 4) is 0 Å². The molecule has 0 spiro atoms. The number of hydrogen-bond acceptors (Lipinski definition) is 4. The van der Waals surface area contributed by atoms with E-state index >= 15 is 0 Å². The number of aliphatic imine (C=N–C) groups is 1. The Hall–Kier alpha value is -0.770. The molecule has 4 heteroatoms. The molecule has 1 aliphatic carbocycles. The summed E-state index contributed by atoms with van der Waals surface area (Å²) in [6.07, 6.45) is 5.15. The van der Waals surface area contributed by atoms with E-state index in [-0.39, 0.29) is 0 Å². The molecule has 0 unspecified atom stereocenters. The van der Waals surface area contributed by atoms with Crippen molar-refractivity contribution in [2.75, 3.05) is 19.6 Å². The first-order valence-corrected chi connectivity index (χ1v) is 7.64. The van der Waals surface area contributed by atoms with Gasteiger partial charge in [0.25, 0.3) is 0 Å². The van der Waals surface area contributed by atoms with Gasteiger partial charge in [0.1, 0.15) is 0 Å². The molecule has 0 saturated heterocycles. The number of nitrogens with zero attached hydrogens (tertiary/aromatic N) is 1. The van der Waals surface area contributed by atoms with Crippen molar-refractivity contribution in [1.82, 2.24) is 10.6 Å². The van der Waals surface area contributed by atoms with Crippen molar-refractivity contribution in [2.24, 2.45) is 16.3 Å². The van der Waals surface area contributed by atoms with Crippen LogP contribution in [0.2, 0.25) is 0 Å². The highest BCUT2D eigenvalue weighted by Gasteiger charge is 2.37. The van der Waals surface area contributed by atoms with Gasteiger partial charge in [0.15, 0.2) is 5.96 Å². The highest BCUT2D eigenvalue weighted by molar-refractivity contribution is 5.80. The Balaban J connectivity index is 1.79. The van der Waals surface area contributed by atoms with Gasteiger partial charge < -0.3 is 15.7 Å². The average molecular weight is 267 g/mol. The summed E-state index contributed by atoms with van der Waals surface area (Å²) in [5.74, 6) is 1.59. The Morgan fingerprint density at radius 1 is 1.37 bits per heavy atom. The zero-order valence-corrected chi connectivity index (χ0v) is 12.6. The van der Waals surface area contributed by atoms with Gasteiger partial charge in [0, 0.05) is 19.6 Å².